The maximum atomic E-state index is 12.2. The predicted octanol–water partition coefficient (Wildman–Crippen LogP) is 2.13. The number of hydrogen-bond donors (Lipinski definition) is 0. The van der Waals surface area contributed by atoms with Gasteiger partial charge >= 0.3 is 0 Å². The van der Waals surface area contributed by atoms with Gasteiger partial charge in [0.25, 0.3) is 0 Å². The molecule has 0 spiro atoms. The van der Waals surface area contributed by atoms with Crippen molar-refractivity contribution in [2.45, 2.75) is 38.6 Å². The summed E-state index contributed by atoms with van der Waals surface area (Å²) in [5.74, 6) is 0.262. The zero-order valence-electron chi connectivity index (χ0n) is 12.7. The van der Waals surface area contributed by atoms with E-state index in [1.807, 2.05) is 24.3 Å². The molecule has 0 saturated carbocycles. The molecule has 0 unspecified atom stereocenters. The Labute approximate surface area is 126 Å². The van der Waals surface area contributed by atoms with Crippen LogP contribution in [0.4, 0.5) is 5.69 Å². The van der Waals surface area contributed by atoms with Crippen LogP contribution in [0.2, 0.25) is 0 Å². The molecule has 2 heterocycles. The van der Waals surface area contributed by atoms with Gasteiger partial charge < -0.3 is 4.90 Å². The lowest BCUT2D eigenvalue weighted by molar-refractivity contribution is -0.117. The fourth-order valence-electron chi connectivity index (χ4n) is 3.35. The molecule has 3 rings (SSSR count). The summed E-state index contributed by atoms with van der Waals surface area (Å²) in [5.41, 5.74) is 2.08. The van der Waals surface area contributed by atoms with Gasteiger partial charge in [-0.3, -0.25) is 4.79 Å². The van der Waals surface area contributed by atoms with Gasteiger partial charge in [-0.25, -0.2) is 8.42 Å². The molecule has 21 heavy (non-hydrogen) atoms. The van der Waals surface area contributed by atoms with Gasteiger partial charge in [0.2, 0.25) is 5.91 Å². The number of hydrogen-bond acceptors (Lipinski definition) is 3. The first-order chi connectivity index (χ1) is 9.67. The van der Waals surface area contributed by atoms with Crippen molar-refractivity contribution in [1.29, 1.82) is 0 Å². The molecular weight excluding hydrogens is 286 g/mol. The fraction of sp³-hybridized carbons (Fsp3) is 0.562. The Morgan fingerprint density at radius 1 is 1.10 bits per heavy atom. The molecule has 1 aromatic carbocycles. The molecular formula is C16H21NO3S. The second-order valence-electron chi connectivity index (χ2n) is 7.17. The highest BCUT2D eigenvalue weighted by Crippen LogP contribution is 2.37. The molecule has 2 aliphatic rings. The number of fused-ring (bicyclic) bond motifs is 1. The highest BCUT2D eigenvalue weighted by Gasteiger charge is 2.49. The van der Waals surface area contributed by atoms with Crippen LogP contribution in [-0.2, 0) is 20.0 Å². The molecule has 4 nitrogen and oxygen atoms in total. The quantitative estimate of drug-likeness (QED) is 0.798. The van der Waals surface area contributed by atoms with Crippen molar-refractivity contribution in [3.8, 4) is 0 Å². The Morgan fingerprint density at radius 2 is 1.71 bits per heavy atom. The van der Waals surface area contributed by atoms with Crippen LogP contribution in [0.1, 0.15) is 32.8 Å². The summed E-state index contributed by atoms with van der Waals surface area (Å²) in [7, 11) is -3.00. The minimum Gasteiger partial charge on any atom is -0.308 e. The Morgan fingerprint density at radius 3 is 2.29 bits per heavy atom. The third kappa shape index (κ3) is 2.59. The van der Waals surface area contributed by atoms with E-state index in [1.54, 1.807) is 4.90 Å². The van der Waals surface area contributed by atoms with E-state index in [0.29, 0.717) is 6.42 Å². The molecule has 5 heteroatoms. The van der Waals surface area contributed by atoms with E-state index in [9.17, 15) is 13.2 Å². The van der Waals surface area contributed by atoms with E-state index in [1.165, 1.54) is 5.56 Å². The van der Waals surface area contributed by atoms with Crippen molar-refractivity contribution >= 4 is 21.4 Å². The number of anilines is 1. The number of benzene rings is 1. The van der Waals surface area contributed by atoms with Crippen LogP contribution in [0.15, 0.2) is 24.3 Å². The monoisotopic (exact) mass is 307 g/mol. The molecule has 0 bridgehead atoms. The maximum Gasteiger partial charge on any atom is 0.227 e. The molecule has 2 atom stereocenters. The SMILES string of the molecule is CC(C)(C)c1ccc(N2C(=O)C[C@H]3CS(=O)(=O)C[C@@H]32)cc1. The van der Waals surface area contributed by atoms with Crippen molar-refractivity contribution in [3.63, 3.8) is 0 Å². The summed E-state index contributed by atoms with van der Waals surface area (Å²) in [6, 6.07) is 7.75. The summed E-state index contributed by atoms with van der Waals surface area (Å²) >= 11 is 0. The number of sulfone groups is 1. The Hall–Kier alpha value is -1.36. The van der Waals surface area contributed by atoms with Crippen LogP contribution in [0.25, 0.3) is 0 Å². The lowest BCUT2D eigenvalue weighted by Gasteiger charge is -2.25. The molecule has 1 amide bonds. The summed E-state index contributed by atoms with van der Waals surface area (Å²) in [6.45, 7) is 6.42. The first-order valence-corrected chi connectivity index (χ1v) is 9.12. The minimum absolute atomic E-state index is 0.0372. The third-order valence-corrected chi connectivity index (χ3v) is 6.27. The Bertz CT molecular complexity index is 670. The average Bonchev–Trinajstić information content (AvgIpc) is 2.78. The molecule has 0 radical (unpaired) electrons. The zero-order chi connectivity index (χ0) is 15.4. The molecule has 1 aromatic rings. The number of amides is 1. The minimum atomic E-state index is -3.00. The van der Waals surface area contributed by atoms with Crippen molar-refractivity contribution in [3.05, 3.63) is 29.8 Å². The highest BCUT2D eigenvalue weighted by atomic mass is 32.2. The second kappa shape index (κ2) is 4.57. The van der Waals surface area contributed by atoms with Gasteiger partial charge in [-0.05, 0) is 23.1 Å². The Kier molecular flexibility index (Phi) is 3.17. The molecule has 0 aliphatic carbocycles. The van der Waals surface area contributed by atoms with E-state index < -0.39 is 9.84 Å². The zero-order valence-corrected chi connectivity index (χ0v) is 13.5. The standard InChI is InChI=1S/C16H21NO3S/c1-16(2,3)12-4-6-13(7-5-12)17-14-10-21(19,20)9-11(14)8-15(17)18/h4-7,11,14H,8-10H2,1-3H3/t11-,14-/m0/s1. The Balaban J connectivity index is 1.91. The van der Waals surface area contributed by atoms with E-state index in [2.05, 4.69) is 20.8 Å². The predicted molar refractivity (Wildman–Crippen MR) is 83.2 cm³/mol. The normalized spacial score (nSPS) is 28.0. The van der Waals surface area contributed by atoms with Gasteiger partial charge in [-0.1, -0.05) is 32.9 Å². The van der Waals surface area contributed by atoms with Gasteiger partial charge in [-0.15, -0.1) is 0 Å². The summed E-state index contributed by atoms with van der Waals surface area (Å²) in [5, 5.41) is 0. The van der Waals surface area contributed by atoms with E-state index >= 15 is 0 Å². The van der Waals surface area contributed by atoms with Gasteiger partial charge in [0, 0.05) is 18.0 Å². The summed E-state index contributed by atoms with van der Waals surface area (Å²) in [6.07, 6.45) is 0.352. The average molecular weight is 307 g/mol. The molecule has 0 aromatic heterocycles. The van der Waals surface area contributed by atoms with Crippen LogP contribution in [0.5, 0.6) is 0 Å². The topological polar surface area (TPSA) is 54.5 Å². The number of carbonyl (C=O) groups is 1. The molecule has 2 aliphatic heterocycles. The van der Waals surface area contributed by atoms with Gasteiger partial charge in [-0.2, -0.15) is 0 Å². The van der Waals surface area contributed by atoms with Crippen molar-refractivity contribution in [2.24, 2.45) is 5.92 Å². The lowest BCUT2D eigenvalue weighted by Crippen LogP contribution is -2.36. The smallest absolute Gasteiger partial charge is 0.227 e. The van der Waals surface area contributed by atoms with E-state index in [0.717, 1.165) is 5.69 Å². The van der Waals surface area contributed by atoms with Crippen LogP contribution >= 0.6 is 0 Å². The van der Waals surface area contributed by atoms with E-state index in [-0.39, 0.29) is 34.8 Å². The van der Waals surface area contributed by atoms with Crippen LogP contribution in [0, 0.1) is 5.92 Å². The number of nitrogens with zero attached hydrogens (tertiary/aromatic N) is 1. The second-order valence-corrected chi connectivity index (χ2v) is 9.32. The largest absolute Gasteiger partial charge is 0.308 e. The number of carbonyl (C=O) groups excluding carboxylic acids is 1. The summed E-state index contributed by atoms with van der Waals surface area (Å²) in [4.78, 5) is 13.9. The van der Waals surface area contributed by atoms with Crippen LogP contribution in [-0.4, -0.2) is 31.9 Å². The van der Waals surface area contributed by atoms with Crippen molar-refractivity contribution < 1.29 is 13.2 Å². The van der Waals surface area contributed by atoms with E-state index in [4.69, 9.17) is 0 Å². The summed E-state index contributed by atoms with van der Waals surface area (Å²) < 4.78 is 23.6. The maximum absolute atomic E-state index is 12.2. The lowest BCUT2D eigenvalue weighted by atomic mass is 9.87. The first kappa shape index (κ1) is 14.6. The molecule has 114 valence electrons. The van der Waals surface area contributed by atoms with Crippen molar-refractivity contribution in [1.82, 2.24) is 0 Å². The number of rotatable bonds is 1. The van der Waals surface area contributed by atoms with Crippen LogP contribution < -0.4 is 4.90 Å². The highest BCUT2D eigenvalue weighted by molar-refractivity contribution is 7.91. The molecule has 0 N–H and O–H groups in total. The molecule has 2 fully saturated rings. The molecule has 2 saturated heterocycles. The third-order valence-electron chi connectivity index (χ3n) is 4.49. The van der Waals surface area contributed by atoms with Gasteiger partial charge in [0.1, 0.15) is 0 Å². The fourth-order valence-corrected chi connectivity index (χ4v) is 5.42. The van der Waals surface area contributed by atoms with Crippen LogP contribution in [0.3, 0.4) is 0 Å². The van der Waals surface area contributed by atoms with Gasteiger partial charge in [0.05, 0.1) is 17.5 Å². The first-order valence-electron chi connectivity index (χ1n) is 7.30. The van der Waals surface area contributed by atoms with Gasteiger partial charge in [0.15, 0.2) is 9.84 Å². The van der Waals surface area contributed by atoms with Crippen molar-refractivity contribution in [2.75, 3.05) is 16.4 Å².